The fourth-order valence-electron chi connectivity index (χ4n) is 3.51. The third-order valence-corrected chi connectivity index (χ3v) is 5.48. The predicted octanol–water partition coefficient (Wildman–Crippen LogP) is 6.24. The molecule has 0 bridgehead atoms. The molecule has 2 N–H and O–H groups in total. The second kappa shape index (κ2) is 8.11. The molecular weight excluding hydrogens is 471 g/mol. The van der Waals surface area contributed by atoms with E-state index in [1.54, 1.807) is 0 Å². The number of nitrogens with one attached hydrogen (secondary N) is 2. The van der Waals surface area contributed by atoms with Crippen molar-refractivity contribution in [1.29, 1.82) is 0 Å². The molecule has 0 radical (unpaired) electrons. The smallest absolute Gasteiger partial charge is 0.341 e. The van der Waals surface area contributed by atoms with Gasteiger partial charge in [-0.05, 0) is 48.5 Å². The van der Waals surface area contributed by atoms with E-state index in [0.717, 1.165) is 18.2 Å². The molecule has 1 aliphatic rings. The minimum atomic E-state index is -4.69. The van der Waals surface area contributed by atoms with Crippen molar-refractivity contribution in [3.63, 3.8) is 0 Å². The van der Waals surface area contributed by atoms with Crippen molar-refractivity contribution in [1.82, 2.24) is 5.32 Å². The van der Waals surface area contributed by atoms with Crippen LogP contribution in [0.1, 0.15) is 43.4 Å². The van der Waals surface area contributed by atoms with E-state index < -0.39 is 35.4 Å². The Bertz CT molecular complexity index is 1260. The minimum Gasteiger partial charge on any atom is -0.341 e. The van der Waals surface area contributed by atoms with Crippen molar-refractivity contribution in [3.05, 3.63) is 98.3 Å². The van der Waals surface area contributed by atoms with Gasteiger partial charge in [0, 0.05) is 38.0 Å². The highest BCUT2D eigenvalue weighted by atomic mass is 35.5. The van der Waals surface area contributed by atoms with E-state index in [1.807, 2.05) is 0 Å². The van der Waals surface area contributed by atoms with Crippen molar-refractivity contribution >= 4 is 40.7 Å². The summed E-state index contributed by atoms with van der Waals surface area (Å²) in [6.07, 6.45) is -4.69. The Kier molecular flexibility index (Phi) is 5.60. The highest BCUT2D eigenvalue weighted by Gasteiger charge is 2.35. The first-order valence-electron chi connectivity index (χ1n) is 9.12. The Labute approximate surface area is 189 Å². The Morgan fingerprint density at radius 2 is 1.78 bits per heavy atom. The number of carbonyl (C=O) groups is 2. The number of hydrogen-bond donors (Lipinski definition) is 2. The standard InChI is InChI=1S/C22H12Cl2F4N2O2/c23-12-7-10(6-11(8-12)22(26,27)28)20(31)29-17-3-1-2-14-18(17)19(30-21(14)32)15-9-13(25)4-5-16(15)24/h1-9,19H,(H,29,31)(H,30,32). The van der Waals surface area contributed by atoms with Gasteiger partial charge < -0.3 is 10.6 Å². The van der Waals surface area contributed by atoms with Gasteiger partial charge in [-0.3, -0.25) is 9.59 Å². The lowest BCUT2D eigenvalue weighted by atomic mass is 9.96. The van der Waals surface area contributed by atoms with Crippen LogP contribution in [0.4, 0.5) is 23.2 Å². The molecule has 1 unspecified atom stereocenters. The summed E-state index contributed by atoms with van der Waals surface area (Å²) in [6.45, 7) is 0. The van der Waals surface area contributed by atoms with Crippen LogP contribution in [0, 0.1) is 5.82 Å². The molecule has 1 atom stereocenters. The fourth-order valence-corrected chi connectivity index (χ4v) is 3.97. The van der Waals surface area contributed by atoms with Gasteiger partial charge in [0.2, 0.25) is 0 Å². The zero-order valence-electron chi connectivity index (χ0n) is 15.9. The van der Waals surface area contributed by atoms with Gasteiger partial charge in [-0.2, -0.15) is 13.2 Å². The predicted molar refractivity (Wildman–Crippen MR) is 112 cm³/mol. The van der Waals surface area contributed by atoms with Gasteiger partial charge in [-0.25, -0.2) is 4.39 Å². The third-order valence-electron chi connectivity index (χ3n) is 4.92. The number of fused-ring (bicyclic) bond motifs is 1. The summed E-state index contributed by atoms with van der Waals surface area (Å²) >= 11 is 12.0. The molecule has 10 heteroatoms. The molecule has 3 aromatic rings. The van der Waals surface area contributed by atoms with Crippen LogP contribution in [0.3, 0.4) is 0 Å². The molecule has 0 aromatic heterocycles. The first-order valence-corrected chi connectivity index (χ1v) is 9.88. The number of anilines is 1. The normalized spacial score (nSPS) is 15.3. The summed E-state index contributed by atoms with van der Waals surface area (Å²) in [5, 5.41) is 5.14. The van der Waals surface area contributed by atoms with Gasteiger partial charge in [0.1, 0.15) is 5.82 Å². The van der Waals surface area contributed by atoms with Crippen molar-refractivity contribution in [2.24, 2.45) is 0 Å². The van der Waals surface area contributed by atoms with Crippen LogP contribution in [0.5, 0.6) is 0 Å². The summed E-state index contributed by atoms with van der Waals surface area (Å²) in [5.74, 6) is -1.91. The Morgan fingerprint density at radius 3 is 2.50 bits per heavy atom. The monoisotopic (exact) mass is 482 g/mol. The number of benzene rings is 3. The molecule has 0 spiro atoms. The summed E-state index contributed by atoms with van der Waals surface area (Å²) in [5.41, 5.74) is -0.436. The molecule has 164 valence electrons. The zero-order chi connectivity index (χ0) is 23.2. The Balaban J connectivity index is 1.75. The van der Waals surface area contributed by atoms with E-state index in [9.17, 15) is 27.2 Å². The summed E-state index contributed by atoms with van der Waals surface area (Å²) in [6, 6.07) is 9.76. The number of carbonyl (C=O) groups excluding carboxylic acids is 2. The largest absolute Gasteiger partial charge is 0.416 e. The van der Waals surface area contributed by atoms with Gasteiger partial charge in [-0.1, -0.05) is 29.3 Å². The molecule has 1 aliphatic heterocycles. The molecule has 4 nitrogen and oxygen atoms in total. The first-order chi connectivity index (χ1) is 15.0. The SMILES string of the molecule is O=C(Nc1cccc2c1C(c1cc(F)ccc1Cl)NC2=O)c1cc(Cl)cc(C(F)(F)F)c1. The maximum absolute atomic E-state index is 13.8. The number of amides is 2. The van der Waals surface area contributed by atoms with E-state index in [2.05, 4.69) is 10.6 Å². The summed E-state index contributed by atoms with van der Waals surface area (Å²) in [7, 11) is 0. The van der Waals surface area contributed by atoms with E-state index in [1.165, 1.54) is 24.3 Å². The van der Waals surface area contributed by atoms with Crippen LogP contribution >= 0.6 is 23.2 Å². The highest BCUT2D eigenvalue weighted by Crippen LogP contribution is 2.39. The number of alkyl halides is 3. The lowest BCUT2D eigenvalue weighted by Gasteiger charge is -2.18. The summed E-state index contributed by atoms with van der Waals surface area (Å²) < 4.78 is 53.1. The van der Waals surface area contributed by atoms with E-state index in [-0.39, 0.29) is 32.4 Å². The van der Waals surface area contributed by atoms with Crippen molar-refractivity contribution in [2.75, 3.05) is 5.32 Å². The summed E-state index contributed by atoms with van der Waals surface area (Å²) in [4.78, 5) is 25.2. The molecule has 1 heterocycles. The number of rotatable bonds is 3. The van der Waals surface area contributed by atoms with Gasteiger partial charge in [0.05, 0.1) is 11.6 Å². The zero-order valence-corrected chi connectivity index (χ0v) is 17.4. The van der Waals surface area contributed by atoms with Crippen molar-refractivity contribution in [2.45, 2.75) is 12.2 Å². The van der Waals surface area contributed by atoms with E-state index in [4.69, 9.17) is 23.2 Å². The second-order valence-corrected chi connectivity index (χ2v) is 7.86. The van der Waals surface area contributed by atoms with Gasteiger partial charge in [0.15, 0.2) is 0 Å². The van der Waals surface area contributed by atoms with Gasteiger partial charge in [0.25, 0.3) is 11.8 Å². The molecular formula is C22H12Cl2F4N2O2. The molecule has 0 saturated carbocycles. The molecule has 4 rings (SSSR count). The minimum absolute atomic E-state index is 0.157. The highest BCUT2D eigenvalue weighted by molar-refractivity contribution is 6.31. The maximum Gasteiger partial charge on any atom is 0.416 e. The molecule has 3 aromatic carbocycles. The number of hydrogen-bond acceptors (Lipinski definition) is 2. The van der Waals surface area contributed by atoms with Crippen LogP contribution < -0.4 is 10.6 Å². The maximum atomic E-state index is 13.8. The molecule has 32 heavy (non-hydrogen) atoms. The van der Waals surface area contributed by atoms with Crippen molar-refractivity contribution in [3.8, 4) is 0 Å². The second-order valence-electron chi connectivity index (χ2n) is 7.02. The van der Waals surface area contributed by atoms with Crippen LogP contribution in [-0.2, 0) is 6.18 Å². The quantitative estimate of drug-likeness (QED) is 0.434. The van der Waals surface area contributed by atoms with Crippen LogP contribution in [0.25, 0.3) is 0 Å². The van der Waals surface area contributed by atoms with Crippen LogP contribution in [0.2, 0.25) is 10.0 Å². The van der Waals surface area contributed by atoms with Crippen LogP contribution in [0.15, 0.2) is 54.6 Å². The molecule has 2 amide bonds. The topological polar surface area (TPSA) is 58.2 Å². The average molecular weight is 483 g/mol. The molecule has 0 saturated heterocycles. The van der Waals surface area contributed by atoms with Gasteiger partial charge in [-0.15, -0.1) is 0 Å². The molecule has 0 fully saturated rings. The average Bonchev–Trinajstić information content (AvgIpc) is 3.06. The third kappa shape index (κ3) is 4.16. The van der Waals surface area contributed by atoms with Crippen molar-refractivity contribution < 1.29 is 27.2 Å². The van der Waals surface area contributed by atoms with Crippen LogP contribution in [-0.4, -0.2) is 11.8 Å². The van der Waals surface area contributed by atoms with E-state index in [0.29, 0.717) is 17.7 Å². The van der Waals surface area contributed by atoms with E-state index >= 15 is 0 Å². The first kappa shape index (κ1) is 22.1. The lowest BCUT2D eigenvalue weighted by Crippen LogP contribution is -2.21. The number of halogens is 6. The fraction of sp³-hybridized carbons (Fsp3) is 0.0909. The Morgan fingerprint density at radius 1 is 1.03 bits per heavy atom. The molecule has 0 aliphatic carbocycles. The van der Waals surface area contributed by atoms with Gasteiger partial charge >= 0.3 is 6.18 Å². The lowest BCUT2D eigenvalue weighted by molar-refractivity contribution is -0.137. The Hall–Kier alpha value is -3.10.